The van der Waals surface area contributed by atoms with E-state index in [1.165, 1.54) is 6.07 Å². The molecule has 0 aliphatic carbocycles. The van der Waals surface area contributed by atoms with Crippen LogP contribution < -0.4 is 5.32 Å². The predicted octanol–water partition coefficient (Wildman–Crippen LogP) is 4.67. The van der Waals surface area contributed by atoms with E-state index in [2.05, 4.69) is 25.4 Å². The van der Waals surface area contributed by atoms with Gasteiger partial charge in [-0.2, -0.15) is 13.2 Å². The molecule has 0 bridgehead atoms. The summed E-state index contributed by atoms with van der Waals surface area (Å²) < 4.78 is 43.7. The number of alkyl halides is 3. The van der Waals surface area contributed by atoms with Crippen molar-refractivity contribution in [1.82, 2.24) is 25.4 Å². The first-order valence-electron chi connectivity index (χ1n) is 9.13. The van der Waals surface area contributed by atoms with Crippen LogP contribution in [0, 0.1) is 13.8 Å². The van der Waals surface area contributed by atoms with E-state index in [0.29, 0.717) is 39.2 Å². The van der Waals surface area contributed by atoms with Gasteiger partial charge in [0.1, 0.15) is 28.5 Å². The van der Waals surface area contributed by atoms with Gasteiger partial charge in [-0.1, -0.05) is 5.16 Å². The highest BCUT2D eigenvalue weighted by molar-refractivity contribution is 6.00. The summed E-state index contributed by atoms with van der Waals surface area (Å²) in [6, 6.07) is 3.69. The number of pyridine rings is 1. The SMILES string of the molecule is Cc1cc(C(C)NC(=O)c2[nH]cc(-c3c[nH]c4nc(C(F)(F)F)ccc34)c2C)no1. The van der Waals surface area contributed by atoms with Gasteiger partial charge in [0.15, 0.2) is 0 Å². The van der Waals surface area contributed by atoms with Crippen molar-refractivity contribution in [3.05, 3.63) is 59.0 Å². The van der Waals surface area contributed by atoms with Gasteiger partial charge < -0.3 is 19.8 Å². The van der Waals surface area contributed by atoms with Crippen LogP contribution in [-0.2, 0) is 6.18 Å². The third-order valence-electron chi connectivity index (χ3n) is 4.92. The normalized spacial score (nSPS) is 13.0. The lowest BCUT2D eigenvalue weighted by molar-refractivity contribution is -0.141. The Bertz CT molecular complexity index is 1240. The van der Waals surface area contributed by atoms with Crippen molar-refractivity contribution < 1.29 is 22.5 Å². The largest absolute Gasteiger partial charge is 0.433 e. The van der Waals surface area contributed by atoms with E-state index in [0.717, 1.165) is 6.07 Å². The predicted molar refractivity (Wildman–Crippen MR) is 103 cm³/mol. The Morgan fingerprint density at radius 2 is 1.90 bits per heavy atom. The lowest BCUT2D eigenvalue weighted by atomic mass is 10.0. The van der Waals surface area contributed by atoms with Gasteiger partial charge in [0, 0.05) is 35.0 Å². The molecule has 1 atom stereocenters. The van der Waals surface area contributed by atoms with Crippen LogP contribution >= 0.6 is 0 Å². The van der Waals surface area contributed by atoms with Crippen molar-refractivity contribution in [2.45, 2.75) is 33.0 Å². The summed E-state index contributed by atoms with van der Waals surface area (Å²) in [6.07, 6.45) is -1.29. The molecule has 3 N–H and O–H groups in total. The number of hydrogen-bond acceptors (Lipinski definition) is 4. The zero-order valence-corrected chi connectivity index (χ0v) is 16.3. The number of halogens is 3. The second kappa shape index (κ2) is 7.05. The molecule has 4 rings (SSSR count). The van der Waals surface area contributed by atoms with Crippen molar-refractivity contribution in [3.63, 3.8) is 0 Å². The van der Waals surface area contributed by atoms with Crippen molar-refractivity contribution in [3.8, 4) is 11.1 Å². The summed E-state index contributed by atoms with van der Waals surface area (Å²) in [4.78, 5) is 22.1. The summed E-state index contributed by atoms with van der Waals surface area (Å²) in [5, 5.41) is 7.28. The minimum Gasteiger partial charge on any atom is -0.361 e. The first-order valence-corrected chi connectivity index (χ1v) is 9.13. The Balaban J connectivity index is 1.62. The number of aromatic amines is 2. The lowest BCUT2D eigenvalue weighted by Gasteiger charge is -2.10. The number of aryl methyl sites for hydroxylation is 1. The Hall–Kier alpha value is -3.56. The van der Waals surface area contributed by atoms with Gasteiger partial charge in [-0.05, 0) is 38.5 Å². The highest BCUT2D eigenvalue weighted by Gasteiger charge is 2.33. The van der Waals surface area contributed by atoms with Crippen molar-refractivity contribution in [1.29, 1.82) is 0 Å². The van der Waals surface area contributed by atoms with Gasteiger partial charge >= 0.3 is 6.18 Å². The maximum Gasteiger partial charge on any atom is 0.433 e. The van der Waals surface area contributed by atoms with Crippen LogP contribution in [0.25, 0.3) is 22.2 Å². The Kier molecular flexibility index (Phi) is 4.64. The molecule has 0 saturated heterocycles. The molecule has 0 radical (unpaired) electrons. The molecule has 156 valence electrons. The number of nitrogens with zero attached hydrogens (tertiary/aromatic N) is 2. The number of aromatic nitrogens is 4. The number of nitrogens with one attached hydrogen (secondary N) is 3. The maximum atomic E-state index is 12.9. The zero-order valence-electron chi connectivity index (χ0n) is 16.3. The van der Waals surface area contributed by atoms with Crippen LogP contribution in [0.15, 0.2) is 35.1 Å². The summed E-state index contributed by atoms with van der Waals surface area (Å²) in [7, 11) is 0. The van der Waals surface area contributed by atoms with Gasteiger partial charge in [0.2, 0.25) is 0 Å². The number of carbonyl (C=O) groups excluding carboxylic acids is 1. The molecule has 7 nitrogen and oxygen atoms in total. The van der Waals surface area contributed by atoms with Gasteiger partial charge in [-0.3, -0.25) is 4.79 Å². The van der Waals surface area contributed by atoms with Gasteiger partial charge in [0.05, 0.1) is 6.04 Å². The monoisotopic (exact) mass is 417 g/mol. The second-order valence-corrected chi connectivity index (χ2v) is 7.05. The molecule has 1 unspecified atom stereocenters. The molecule has 0 spiro atoms. The molecule has 30 heavy (non-hydrogen) atoms. The molecular formula is C20H18F3N5O2. The van der Waals surface area contributed by atoms with E-state index in [4.69, 9.17) is 4.52 Å². The van der Waals surface area contributed by atoms with Crippen LogP contribution in [0.4, 0.5) is 13.2 Å². The fourth-order valence-corrected chi connectivity index (χ4v) is 3.33. The molecular weight excluding hydrogens is 399 g/mol. The van der Waals surface area contributed by atoms with Crippen LogP contribution in [0.5, 0.6) is 0 Å². The van der Waals surface area contributed by atoms with Crippen LogP contribution in [0.2, 0.25) is 0 Å². The van der Waals surface area contributed by atoms with Crippen LogP contribution in [-0.4, -0.2) is 26.0 Å². The summed E-state index contributed by atoms with van der Waals surface area (Å²) in [5.41, 5.74) is 2.13. The molecule has 1 amide bonds. The third-order valence-corrected chi connectivity index (χ3v) is 4.92. The molecule has 10 heteroatoms. The third kappa shape index (κ3) is 3.44. The minimum absolute atomic E-state index is 0.126. The highest BCUT2D eigenvalue weighted by atomic mass is 19.4. The van der Waals surface area contributed by atoms with Gasteiger partial charge in [-0.25, -0.2) is 4.98 Å². The summed E-state index contributed by atoms with van der Waals surface area (Å²) in [5.74, 6) is 0.315. The lowest BCUT2D eigenvalue weighted by Crippen LogP contribution is -2.27. The molecule has 0 saturated carbocycles. The Morgan fingerprint density at radius 1 is 1.17 bits per heavy atom. The topological polar surface area (TPSA) is 99.6 Å². The molecule has 0 aliphatic rings. The van der Waals surface area contributed by atoms with E-state index in [1.807, 2.05) is 0 Å². The van der Waals surface area contributed by atoms with Crippen LogP contribution in [0.3, 0.4) is 0 Å². The second-order valence-electron chi connectivity index (χ2n) is 7.05. The van der Waals surface area contributed by atoms with E-state index >= 15 is 0 Å². The Morgan fingerprint density at radius 3 is 2.57 bits per heavy atom. The van der Waals surface area contributed by atoms with Crippen LogP contribution in [0.1, 0.15) is 46.2 Å². The highest BCUT2D eigenvalue weighted by Crippen LogP contribution is 2.34. The average Bonchev–Trinajstić information content (AvgIpc) is 3.38. The van der Waals surface area contributed by atoms with Gasteiger partial charge in [-0.15, -0.1) is 0 Å². The first-order chi connectivity index (χ1) is 14.1. The van der Waals surface area contributed by atoms with E-state index in [1.54, 1.807) is 39.2 Å². The fourth-order valence-electron chi connectivity index (χ4n) is 3.33. The van der Waals surface area contributed by atoms with Crippen molar-refractivity contribution in [2.24, 2.45) is 0 Å². The maximum absolute atomic E-state index is 12.9. The molecule has 4 aromatic heterocycles. The fraction of sp³-hybridized carbons (Fsp3) is 0.250. The van der Waals surface area contributed by atoms with Crippen molar-refractivity contribution in [2.75, 3.05) is 0 Å². The summed E-state index contributed by atoms with van der Waals surface area (Å²) >= 11 is 0. The number of rotatable bonds is 4. The smallest absolute Gasteiger partial charge is 0.361 e. The minimum atomic E-state index is -4.52. The molecule has 4 aromatic rings. The molecule has 0 fully saturated rings. The summed E-state index contributed by atoms with van der Waals surface area (Å²) in [6.45, 7) is 5.32. The molecule has 0 aromatic carbocycles. The van der Waals surface area contributed by atoms with E-state index in [-0.39, 0.29) is 17.6 Å². The van der Waals surface area contributed by atoms with Crippen molar-refractivity contribution >= 4 is 16.9 Å². The van der Waals surface area contributed by atoms with E-state index < -0.39 is 11.9 Å². The average molecular weight is 417 g/mol. The first kappa shape index (κ1) is 19.7. The number of hydrogen-bond donors (Lipinski definition) is 3. The number of carbonyl (C=O) groups is 1. The number of amides is 1. The Labute approximate surface area is 168 Å². The number of H-pyrrole nitrogens is 2. The number of fused-ring (bicyclic) bond motifs is 1. The standard InChI is InChI=1S/C20H18F3N5O2/c1-9-6-15(28-30-9)11(3)26-19(29)17-10(2)13(7-24-17)14-8-25-18-12(14)4-5-16(27-18)20(21,22)23/h4-8,11,24H,1-3H3,(H,25,27)(H,26,29). The molecule has 4 heterocycles. The zero-order chi connectivity index (χ0) is 21.6. The van der Waals surface area contributed by atoms with E-state index in [9.17, 15) is 18.0 Å². The van der Waals surface area contributed by atoms with Gasteiger partial charge in [0.25, 0.3) is 5.91 Å². The quantitative estimate of drug-likeness (QED) is 0.449. The molecule has 0 aliphatic heterocycles.